The Morgan fingerprint density at radius 3 is 2.83 bits per heavy atom. The van der Waals surface area contributed by atoms with Gasteiger partial charge in [0.2, 0.25) is 0 Å². The molecular weight excluding hydrogens is 412 g/mol. The van der Waals surface area contributed by atoms with Crippen LogP contribution in [0, 0.1) is 6.92 Å². The van der Waals surface area contributed by atoms with Crippen LogP contribution in [0.3, 0.4) is 0 Å². The molecule has 2 heterocycles. The maximum Gasteiger partial charge on any atom is 0.197 e. The number of aromatic nitrogens is 2. The Labute approximate surface area is 175 Å². The van der Waals surface area contributed by atoms with E-state index in [2.05, 4.69) is 5.32 Å². The Morgan fingerprint density at radius 2 is 2.03 bits per heavy atom. The van der Waals surface area contributed by atoms with E-state index in [-0.39, 0.29) is 6.42 Å². The minimum Gasteiger partial charge on any atom is -0.338 e. The van der Waals surface area contributed by atoms with Gasteiger partial charge in [0.15, 0.2) is 4.96 Å². The predicted octanol–water partition coefficient (Wildman–Crippen LogP) is 7.23. The number of halogens is 3. The van der Waals surface area contributed by atoms with E-state index in [9.17, 15) is 8.78 Å². The van der Waals surface area contributed by atoms with Crippen molar-refractivity contribution in [3.63, 3.8) is 0 Å². The largest absolute Gasteiger partial charge is 0.338 e. The molecule has 1 aliphatic carbocycles. The molecule has 7 heteroatoms. The van der Waals surface area contributed by atoms with E-state index in [4.69, 9.17) is 16.6 Å². The maximum absolute atomic E-state index is 14.7. The summed E-state index contributed by atoms with van der Waals surface area (Å²) in [6, 6.07) is 13.6. The van der Waals surface area contributed by atoms with E-state index in [0.717, 1.165) is 32.5 Å². The van der Waals surface area contributed by atoms with Crippen LogP contribution in [0.15, 0.2) is 60.4 Å². The molecule has 0 saturated carbocycles. The fourth-order valence-electron chi connectivity index (χ4n) is 3.58. The van der Waals surface area contributed by atoms with Gasteiger partial charge in [-0.1, -0.05) is 53.3 Å². The zero-order valence-electron chi connectivity index (χ0n) is 15.4. The summed E-state index contributed by atoms with van der Waals surface area (Å²) in [6.45, 7) is 1.95. The number of allylic oxidation sites excluding steroid dienone is 4. The van der Waals surface area contributed by atoms with Crippen molar-refractivity contribution in [1.82, 2.24) is 9.38 Å². The second-order valence-corrected chi connectivity index (χ2v) is 8.35. The Kier molecular flexibility index (Phi) is 4.41. The number of nitrogens with zero attached hydrogens (tertiary/aromatic N) is 2. The van der Waals surface area contributed by atoms with Crippen molar-refractivity contribution in [2.75, 3.05) is 5.32 Å². The number of anilines is 2. The molecule has 0 radical (unpaired) electrons. The SMILES string of the molecule is Cc1cccc(Cl)c1Nc1c(C2=CCC(F)C=C2F)nc2sc3ccccc3n12. The number of thiazole rings is 1. The molecule has 0 amide bonds. The first kappa shape index (κ1) is 18.3. The number of para-hydroxylation sites is 2. The van der Waals surface area contributed by atoms with E-state index < -0.39 is 12.0 Å². The van der Waals surface area contributed by atoms with Crippen LogP contribution in [-0.4, -0.2) is 15.6 Å². The zero-order valence-corrected chi connectivity index (χ0v) is 17.0. The van der Waals surface area contributed by atoms with E-state index in [1.165, 1.54) is 11.3 Å². The summed E-state index contributed by atoms with van der Waals surface area (Å²) in [7, 11) is 0. The van der Waals surface area contributed by atoms with Gasteiger partial charge in [0.25, 0.3) is 0 Å². The fraction of sp³-hybridized carbons (Fsp3) is 0.136. The molecule has 146 valence electrons. The number of aryl methyl sites for hydroxylation is 1. The minimum atomic E-state index is -1.31. The van der Waals surface area contributed by atoms with Gasteiger partial charge in [-0.2, -0.15) is 0 Å². The fourth-order valence-corrected chi connectivity index (χ4v) is 4.88. The van der Waals surface area contributed by atoms with Crippen molar-refractivity contribution >= 4 is 55.2 Å². The molecule has 1 atom stereocenters. The van der Waals surface area contributed by atoms with Gasteiger partial charge in [-0.3, -0.25) is 4.40 Å². The van der Waals surface area contributed by atoms with Gasteiger partial charge in [-0.15, -0.1) is 0 Å². The van der Waals surface area contributed by atoms with Crippen LogP contribution >= 0.6 is 22.9 Å². The molecule has 1 N–H and O–H groups in total. The number of rotatable bonds is 3. The van der Waals surface area contributed by atoms with Crippen LogP contribution in [-0.2, 0) is 0 Å². The first-order valence-electron chi connectivity index (χ1n) is 9.17. The first-order valence-corrected chi connectivity index (χ1v) is 10.4. The summed E-state index contributed by atoms with van der Waals surface area (Å²) >= 11 is 7.95. The van der Waals surface area contributed by atoms with E-state index in [0.29, 0.717) is 22.1 Å². The Balaban J connectivity index is 1.77. The maximum atomic E-state index is 14.7. The van der Waals surface area contributed by atoms with Crippen LogP contribution in [0.1, 0.15) is 17.7 Å². The molecule has 0 fully saturated rings. The van der Waals surface area contributed by atoms with Gasteiger partial charge >= 0.3 is 0 Å². The molecule has 0 saturated heterocycles. The summed E-state index contributed by atoms with van der Waals surface area (Å²) in [5.41, 5.74) is 3.39. The molecule has 29 heavy (non-hydrogen) atoms. The highest BCUT2D eigenvalue weighted by Gasteiger charge is 2.25. The number of alkyl halides is 1. The van der Waals surface area contributed by atoms with Gasteiger partial charge in [-0.25, -0.2) is 13.8 Å². The molecule has 4 aromatic rings. The van der Waals surface area contributed by atoms with E-state index >= 15 is 0 Å². The van der Waals surface area contributed by atoms with Gasteiger partial charge in [0.1, 0.15) is 23.5 Å². The summed E-state index contributed by atoms with van der Waals surface area (Å²) in [4.78, 5) is 5.44. The van der Waals surface area contributed by atoms with E-state index in [1.807, 2.05) is 47.7 Å². The van der Waals surface area contributed by atoms with Crippen LogP contribution in [0.2, 0.25) is 5.02 Å². The van der Waals surface area contributed by atoms with Gasteiger partial charge in [-0.05, 0) is 36.8 Å². The standard InChI is InChI=1S/C22H16ClF2N3S/c1-12-5-4-6-15(23)19(12)26-21-20(14-10-9-13(24)11-16(14)25)27-22-28(21)17-7-2-3-8-18(17)29-22/h2-8,10-11,13,26H,9H2,1H3. The number of fused-ring (bicyclic) bond motifs is 3. The third-order valence-electron chi connectivity index (χ3n) is 5.01. The molecule has 2 aromatic carbocycles. The quantitative estimate of drug-likeness (QED) is 0.373. The summed E-state index contributed by atoms with van der Waals surface area (Å²) in [5.74, 6) is 0.0125. The van der Waals surface area contributed by atoms with Crippen molar-refractivity contribution in [3.05, 3.63) is 76.7 Å². The molecule has 1 unspecified atom stereocenters. The number of hydrogen-bond acceptors (Lipinski definition) is 3. The lowest BCUT2D eigenvalue weighted by molar-refractivity contribution is 0.394. The molecule has 2 aromatic heterocycles. The van der Waals surface area contributed by atoms with E-state index in [1.54, 1.807) is 12.1 Å². The lowest BCUT2D eigenvalue weighted by Gasteiger charge is -2.15. The summed E-state index contributed by atoms with van der Waals surface area (Å²) < 4.78 is 31.3. The second kappa shape index (κ2) is 6.97. The van der Waals surface area contributed by atoms with Gasteiger partial charge < -0.3 is 5.32 Å². The van der Waals surface area contributed by atoms with Crippen LogP contribution in [0.25, 0.3) is 20.8 Å². The monoisotopic (exact) mass is 427 g/mol. The average Bonchev–Trinajstić information content (AvgIpc) is 3.21. The van der Waals surface area contributed by atoms with Crippen LogP contribution in [0.4, 0.5) is 20.3 Å². The number of nitrogens with one attached hydrogen (secondary N) is 1. The summed E-state index contributed by atoms with van der Waals surface area (Å²) in [5, 5.41) is 3.94. The highest BCUT2D eigenvalue weighted by atomic mass is 35.5. The van der Waals surface area contributed by atoms with Crippen molar-refractivity contribution < 1.29 is 8.78 Å². The number of hydrogen-bond donors (Lipinski definition) is 1. The van der Waals surface area contributed by atoms with Crippen molar-refractivity contribution in [3.8, 4) is 0 Å². The summed E-state index contributed by atoms with van der Waals surface area (Å²) in [6.07, 6.45) is 1.38. The lowest BCUT2D eigenvalue weighted by atomic mass is 10.0. The molecule has 0 spiro atoms. The van der Waals surface area contributed by atoms with Crippen molar-refractivity contribution in [1.29, 1.82) is 0 Å². The van der Waals surface area contributed by atoms with Crippen molar-refractivity contribution in [2.24, 2.45) is 0 Å². The smallest absolute Gasteiger partial charge is 0.197 e. The second-order valence-electron chi connectivity index (χ2n) is 6.94. The molecule has 3 nitrogen and oxygen atoms in total. The third-order valence-corrected chi connectivity index (χ3v) is 6.34. The molecule has 0 bridgehead atoms. The zero-order chi connectivity index (χ0) is 20.1. The Hall–Kier alpha value is -2.70. The van der Waals surface area contributed by atoms with Gasteiger partial charge in [0.05, 0.1) is 20.9 Å². The highest BCUT2D eigenvalue weighted by molar-refractivity contribution is 7.23. The molecular formula is C22H16ClF2N3S. The predicted molar refractivity (Wildman–Crippen MR) is 117 cm³/mol. The molecule has 0 aliphatic heterocycles. The minimum absolute atomic E-state index is 0.124. The highest BCUT2D eigenvalue weighted by Crippen LogP contribution is 2.40. The number of imidazole rings is 1. The topological polar surface area (TPSA) is 29.3 Å². The third kappa shape index (κ3) is 3.03. The van der Waals surface area contributed by atoms with Crippen molar-refractivity contribution in [2.45, 2.75) is 19.5 Å². The van der Waals surface area contributed by atoms with Crippen LogP contribution < -0.4 is 5.32 Å². The Morgan fingerprint density at radius 1 is 1.21 bits per heavy atom. The van der Waals surface area contributed by atoms with Gasteiger partial charge in [0, 0.05) is 12.0 Å². The van der Waals surface area contributed by atoms with Crippen LogP contribution in [0.5, 0.6) is 0 Å². The normalized spacial score (nSPS) is 16.9. The number of benzene rings is 2. The Bertz CT molecular complexity index is 1300. The molecule has 1 aliphatic rings. The lowest BCUT2D eigenvalue weighted by Crippen LogP contribution is -2.05. The average molecular weight is 428 g/mol. The first-order chi connectivity index (χ1) is 14.0. The molecule has 5 rings (SSSR count).